The Hall–Kier alpha value is -10.8. The van der Waals surface area contributed by atoms with E-state index < -0.39 is 162 Å². The molecule has 8 heterocycles. The number of pyridine rings is 2. The average molecular weight is 1880 g/mol. The summed E-state index contributed by atoms with van der Waals surface area (Å²) in [5.41, 5.74) is 12.5. The summed E-state index contributed by atoms with van der Waals surface area (Å²) in [6.07, 6.45) is 11.9. The largest absolute Gasteiger partial charge is 0.457 e. The van der Waals surface area contributed by atoms with E-state index in [4.69, 9.17) is 50.3 Å². The predicted octanol–water partition coefficient (Wildman–Crippen LogP) is 4.44. The third kappa shape index (κ3) is 30.1. The minimum absolute atomic E-state index is 0.0167. The van der Waals surface area contributed by atoms with Crippen LogP contribution in [0.2, 0.25) is 0 Å². The number of ketones is 1. The maximum Gasteiger partial charge on any atom is 0.415 e. The van der Waals surface area contributed by atoms with Gasteiger partial charge in [-0.3, -0.25) is 68.4 Å². The van der Waals surface area contributed by atoms with Crippen molar-refractivity contribution in [1.29, 1.82) is 5.41 Å². The number of carbonyl (C=O) groups is 13. The van der Waals surface area contributed by atoms with E-state index in [1.807, 2.05) is 26.8 Å². The zero-order chi connectivity index (χ0) is 97.3. The molecule has 0 saturated carbocycles. The molecule has 6 aliphatic heterocycles. The van der Waals surface area contributed by atoms with Gasteiger partial charge in [-0.05, 0) is 206 Å². The first-order valence-electron chi connectivity index (χ1n) is 48.2. The molecule has 0 radical (unpaired) electrons. The molecule has 6 aliphatic rings. The van der Waals surface area contributed by atoms with Crippen LogP contribution in [-0.4, -0.2) is 284 Å². The van der Waals surface area contributed by atoms with Gasteiger partial charge in [0.25, 0.3) is 5.56 Å². The smallest absolute Gasteiger partial charge is 0.415 e. The Morgan fingerprint density at radius 2 is 1.33 bits per heavy atom. The van der Waals surface area contributed by atoms with E-state index >= 15 is 0 Å². The van der Waals surface area contributed by atoms with Crippen molar-refractivity contribution in [2.24, 2.45) is 22.4 Å². The molecule has 4 saturated heterocycles. The molecule has 10 atom stereocenters. The lowest BCUT2D eigenvalue weighted by Gasteiger charge is -2.39. The van der Waals surface area contributed by atoms with Crippen LogP contribution in [0.1, 0.15) is 245 Å². The fraction of sp³-hybridized carbons (Fsp3) is 0.691. The van der Waals surface area contributed by atoms with Gasteiger partial charge < -0.3 is 112 Å². The molecule has 15 N–H and O–H groups in total. The van der Waals surface area contributed by atoms with E-state index in [9.17, 15) is 67.1 Å². The Balaban J connectivity index is 0.736. The number of aryl methyl sites for hydroxylation is 1. The van der Waals surface area contributed by atoms with Gasteiger partial charge in [0, 0.05) is 86.9 Å². The van der Waals surface area contributed by atoms with Crippen molar-refractivity contribution in [1.82, 2.24) is 82.3 Å². The van der Waals surface area contributed by atoms with Gasteiger partial charge in [0.05, 0.1) is 54.9 Å². The molecule has 0 spiro atoms. The number of rotatable bonds is 51. The standard InChI is InChI=1S/C94H146N20O20/c1-12-16-17-19-29-69(83(121)103-54-78(117)133-94(15-4)67-53-75-79-65(55-114(75)85(123)66(67)56-131-88(94)126)63(14-3)64-52-62(35-36-68(64)106-79)132-92(128)111-46-37-61(38-47-111)110-42-22-18-23-43-110)105-77(116)57-130-50-49-129-48-41-100-82(120)70(31-24-39-101-89(96)98-10)107-80(118)58(5)51-76(115)73-33-26-44-112(73)86(124)71(32-25-40-102-90(97)99-11)108-81(119)59(6)104-84(122)74-34-27-45-113(74)87(125)72(30-21-20-28-60(95)13-2)109-91(127)134-93(7,8)9/h35-36,52-53,58-59,61,69-74,90,95,99,102H,12-34,37-51,54-57,97H2,1-11H3,(H,100,120)(H,103,121)(H,104,122)(H,105,116)(H,107,118)(H,108,119)(H,109,127)(H3,96,98,101)/t58?,59?,69-,70?,71?,72?,73?,74?,90?,94-/m0/s1. The second-order valence-electron chi connectivity index (χ2n) is 36.6. The highest BCUT2D eigenvalue weighted by Crippen LogP contribution is 2.43. The number of nitrogens with two attached hydrogens (primary N) is 2. The fourth-order valence-electron chi connectivity index (χ4n) is 18.1. The van der Waals surface area contributed by atoms with Crippen molar-refractivity contribution in [3.8, 4) is 17.1 Å². The normalized spacial score (nSPS) is 18.9. The maximum atomic E-state index is 14.8. The number of cyclic esters (lactones) is 1. The second kappa shape index (κ2) is 52.3. The Morgan fingerprint density at radius 1 is 0.679 bits per heavy atom. The first-order valence-corrected chi connectivity index (χ1v) is 48.2. The Labute approximate surface area is 785 Å². The molecular weight excluding hydrogens is 1730 g/mol. The number of alkyl carbamates (subject to hydrolysis) is 1. The highest BCUT2D eigenvalue weighted by atomic mass is 16.6. The molecule has 2 aromatic heterocycles. The number of amides is 10. The van der Waals surface area contributed by atoms with Gasteiger partial charge in [0.15, 0.2) is 11.7 Å². The predicted molar refractivity (Wildman–Crippen MR) is 501 cm³/mol. The lowest BCUT2D eigenvalue weighted by atomic mass is 9.85. The SMILES string of the molecule is CCCCCC[C@H](NC(=O)COCCOCCNC(=O)C(CCCNC(N)=NC)NC(=O)C(C)CC(=O)C1CCCN1C(=O)C(CCCNC(N)NC)NC(=O)C(C)NC(=O)C1CCCN1C(=O)C(CCCCC(=N)CC)NC(=O)OC(C)(C)C)C(=O)NCC(=O)O[C@]1(CC)C(=O)OCc2c1cc1n(c2=O)Cc2c-1nc1ccc(OC(=O)N3CCC(N4CCCCC4)CC3)cc1c2CC. The van der Waals surface area contributed by atoms with Gasteiger partial charge >= 0.3 is 24.1 Å². The Kier molecular flexibility index (Phi) is 41.7. The van der Waals surface area contributed by atoms with Crippen LogP contribution in [0.5, 0.6) is 5.75 Å². The number of fused-ring (bicyclic) bond motifs is 5. The highest BCUT2D eigenvalue weighted by molar-refractivity contribution is 5.99. The van der Waals surface area contributed by atoms with Crippen LogP contribution >= 0.6 is 0 Å². The number of hydrogen-bond donors (Lipinski definition) is 13. The van der Waals surface area contributed by atoms with Crippen molar-refractivity contribution < 1.29 is 90.8 Å². The molecule has 8 unspecified atom stereocenters. The summed E-state index contributed by atoms with van der Waals surface area (Å²) < 4.78 is 36.0. The van der Waals surface area contributed by atoms with Gasteiger partial charge in [-0.2, -0.15) is 0 Å². The number of guanidine groups is 1. The van der Waals surface area contributed by atoms with E-state index in [2.05, 4.69) is 63.1 Å². The Morgan fingerprint density at radius 3 is 2.01 bits per heavy atom. The summed E-state index contributed by atoms with van der Waals surface area (Å²) in [5, 5.41) is 36.8. The van der Waals surface area contributed by atoms with Gasteiger partial charge in [0.1, 0.15) is 73.6 Å². The lowest BCUT2D eigenvalue weighted by molar-refractivity contribution is -0.189. The minimum Gasteiger partial charge on any atom is -0.457 e. The number of piperidine rings is 2. The lowest BCUT2D eigenvalue weighted by Crippen LogP contribution is -2.58. The molecule has 134 heavy (non-hydrogen) atoms. The van der Waals surface area contributed by atoms with Gasteiger partial charge in [0.2, 0.25) is 52.9 Å². The first kappa shape index (κ1) is 107. The molecule has 9 rings (SSSR count). The molecule has 0 bridgehead atoms. The van der Waals surface area contributed by atoms with E-state index in [-0.39, 0.29) is 121 Å². The quantitative estimate of drug-likeness (QED) is 0.00725. The third-order valence-electron chi connectivity index (χ3n) is 25.7. The number of carbonyl (C=O) groups excluding carboxylic acids is 13. The first-order chi connectivity index (χ1) is 64.2. The van der Waals surface area contributed by atoms with Crippen LogP contribution < -0.4 is 74.9 Å². The van der Waals surface area contributed by atoms with Gasteiger partial charge in [-0.25, -0.2) is 19.4 Å². The topological polar surface area (TPSA) is 534 Å². The summed E-state index contributed by atoms with van der Waals surface area (Å²) in [7, 11) is 3.16. The number of benzene rings is 1. The van der Waals surface area contributed by atoms with E-state index in [0.29, 0.717) is 125 Å². The highest BCUT2D eigenvalue weighted by Gasteiger charge is 2.51. The Bertz CT molecular complexity index is 4680. The van der Waals surface area contributed by atoms with E-state index in [1.165, 1.54) is 50.0 Å². The second-order valence-corrected chi connectivity index (χ2v) is 36.6. The van der Waals surface area contributed by atoms with Gasteiger partial charge in [-0.1, -0.05) is 73.1 Å². The molecule has 0 aliphatic carbocycles. The number of ether oxygens (including phenoxy) is 6. The van der Waals surface area contributed by atoms with Crippen LogP contribution in [-0.2, 0) is 102 Å². The molecule has 3 aromatic rings. The van der Waals surface area contributed by atoms with E-state index in [1.54, 1.807) is 62.4 Å². The number of esters is 2. The fourth-order valence-corrected chi connectivity index (χ4v) is 18.1. The van der Waals surface area contributed by atoms with Crippen LogP contribution in [0.3, 0.4) is 0 Å². The number of hydrogen-bond acceptors (Lipinski definition) is 27. The number of unbranched alkanes of at least 4 members (excludes halogenated alkanes) is 4. The maximum absolute atomic E-state index is 14.8. The van der Waals surface area contributed by atoms with Crippen LogP contribution in [0.25, 0.3) is 22.3 Å². The van der Waals surface area contributed by atoms with Crippen LogP contribution in [0.4, 0.5) is 9.59 Å². The van der Waals surface area contributed by atoms with Crippen LogP contribution in [0, 0.1) is 11.3 Å². The number of aromatic nitrogens is 2. The molecule has 4 fully saturated rings. The average Bonchev–Trinajstić information content (AvgIpc) is 1.52. The number of aliphatic imine (C=N–C) groups is 1. The van der Waals surface area contributed by atoms with Gasteiger partial charge in [-0.15, -0.1) is 0 Å². The summed E-state index contributed by atoms with van der Waals surface area (Å²) in [6.45, 7) is 18.5. The van der Waals surface area contributed by atoms with Crippen molar-refractivity contribution >= 4 is 99.7 Å². The van der Waals surface area contributed by atoms with Crippen LogP contribution in [0.15, 0.2) is 34.1 Å². The number of likely N-dealkylation sites (tertiary alicyclic amines) is 4. The van der Waals surface area contributed by atoms with Crippen molar-refractivity contribution in [3.05, 3.63) is 56.9 Å². The molecule has 10 amide bonds. The number of nitrogens with zero attached hydrogens (tertiary/aromatic N) is 7. The summed E-state index contributed by atoms with van der Waals surface area (Å²) >= 11 is 0. The summed E-state index contributed by atoms with van der Waals surface area (Å²) in [4.78, 5) is 212. The molecule has 1 aromatic carbocycles. The summed E-state index contributed by atoms with van der Waals surface area (Å²) in [5.74, 6) is -7.67. The minimum atomic E-state index is -2.09. The van der Waals surface area contributed by atoms with Crippen molar-refractivity contribution in [2.45, 2.75) is 308 Å². The number of nitrogens with one attached hydrogen (secondary N) is 11. The molecular formula is C94H146N20O20. The van der Waals surface area contributed by atoms with Crippen molar-refractivity contribution in [2.75, 3.05) is 106 Å². The molecule has 40 heteroatoms. The number of Topliss-reactive ketones (excluding diaryl/α,β-unsaturated/α-hetero) is 1. The molecule has 742 valence electrons. The zero-order valence-electron chi connectivity index (χ0n) is 80.2. The summed E-state index contributed by atoms with van der Waals surface area (Å²) in [6, 6.07) is -0.169. The van der Waals surface area contributed by atoms with E-state index in [0.717, 1.165) is 61.7 Å². The third-order valence-corrected chi connectivity index (χ3v) is 25.7. The molecule has 40 nitrogen and oxygen atoms in total. The monoisotopic (exact) mass is 1880 g/mol. The zero-order valence-corrected chi connectivity index (χ0v) is 80.2. The van der Waals surface area contributed by atoms with Crippen molar-refractivity contribution in [3.63, 3.8) is 0 Å².